The number of aromatic hydroxyl groups is 1. The standard InChI is InChI=1S/C16H11ClN2O3/c17-9-5-6-11-12(7-9)19-16(22)13(18-11)8-15(21)10-3-1-2-4-14(10)20/h1-8,20-21H,(H,19,22). The van der Waals surface area contributed by atoms with Crippen LogP contribution in [0.15, 0.2) is 47.3 Å². The van der Waals surface area contributed by atoms with Crippen LogP contribution < -0.4 is 5.56 Å². The fourth-order valence-corrected chi connectivity index (χ4v) is 2.24. The van der Waals surface area contributed by atoms with Gasteiger partial charge in [-0.15, -0.1) is 0 Å². The highest BCUT2D eigenvalue weighted by atomic mass is 35.5. The van der Waals surface area contributed by atoms with Crippen LogP contribution in [0, 0.1) is 0 Å². The van der Waals surface area contributed by atoms with E-state index in [2.05, 4.69) is 9.97 Å². The second kappa shape index (κ2) is 5.54. The van der Waals surface area contributed by atoms with Crippen molar-refractivity contribution in [2.75, 3.05) is 0 Å². The molecule has 1 heterocycles. The van der Waals surface area contributed by atoms with E-state index in [0.29, 0.717) is 16.1 Å². The Morgan fingerprint density at radius 2 is 2.00 bits per heavy atom. The normalized spacial score (nSPS) is 11.8. The van der Waals surface area contributed by atoms with Crippen molar-refractivity contribution in [1.82, 2.24) is 9.97 Å². The Kier molecular flexibility index (Phi) is 3.56. The number of nitrogens with one attached hydrogen (secondary N) is 1. The van der Waals surface area contributed by atoms with Crippen molar-refractivity contribution in [2.45, 2.75) is 0 Å². The lowest BCUT2D eigenvalue weighted by Gasteiger charge is -2.04. The molecule has 0 aliphatic heterocycles. The number of aromatic nitrogens is 2. The number of aliphatic hydroxyl groups is 1. The average Bonchev–Trinajstić information content (AvgIpc) is 2.48. The summed E-state index contributed by atoms with van der Waals surface area (Å²) < 4.78 is 0. The third-order valence-electron chi connectivity index (χ3n) is 3.13. The van der Waals surface area contributed by atoms with Crippen LogP contribution in [0.3, 0.4) is 0 Å². The lowest BCUT2D eigenvalue weighted by molar-refractivity contribution is 0.461. The number of fused-ring (bicyclic) bond motifs is 1. The van der Waals surface area contributed by atoms with E-state index in [1.54, 1.807) is 30.3 Å². The molecule has 0 aliphatic carbocycles. The zero-order valence-corrected chi connectivity index (χ0v) is 12.0. The molecule has 0 amide bonds. The highest BCUT2D eigenvalue weighted by molar-refractivity contribution is 6.31. The van der Waals surface area contributed by atoms with Gasteiger partial charge in [0.05, 0.1) is 16.6 Å². The minimum atomic E-state index is -0.461. The van der Waals surface area contributed by atoms with Crippen molar-refractivity contribution in [3.8, 4) is 5.75 Å². The molecular formula is C16H11ClN2O3. The highest BCUT2D eigenvalue weighted by Crippen LogP contribution is 2.23. The first-order valence-electron chi connectivity index (χ1n) is 6.43. The molecule has 0 fully saturated rings. The maximum Gasteiger partial charge on any atom is 0.274 e. The second-order valence-corrected chi connectivity index (χ2v) is 5.10. The van der Waals surface area contributed by atoms with Gasteiger partial charge in [-0.2, -0.15) is 0 Å². The van der Waals surface area contributed by atoms with E-state index in [0.717, 1.165) is 0 Å². The summed E-state index contributed by atoms with van der Waals surface area (Å²) in [5, 5.41) is 20.3. The molecule has 1 aromatic heterocycles. The Morgan fingerprint density at radius 1 is 1.23 bits per heavy atom. The molecule has 5 nitrogen and oxygen atoms in total. The Morgan fingerprint density at radius 3 is 2.77 bits per heavy atom. The first-order valence-corrected chi connectivity index (χ1v) is 6.81. The summed E-state index contributed by atoms with van der Waals surface area (Å²) in [6.07, 6.45) is 1.21. The zero-order chi connectivity index (χ0) is 15.7. The second-order valence-electron chi connectivity index (χ2n) is 4.66. The van der Waals surface area contributed by atoms with E-state index < -0.39 is 5.56 Å². The first-order chi connectivity index (χ1) is 10.5. The summed E-state index contributed by atoms with van der Waals surface area (Å²) in [5.74, 6) is -0.329. The Labute approximate surface area is 130 Å². The summed E-state index contributed by atoms with van der Waals surface area (Å²) in [6, 6.07) is 11.2. The summed E-state index contributed by atoms with van der Waals surface area (Å²) in [4.78, 5) is 18.9. The molecule has 0 unspecified atom stereocenters. The molecule has 6 heteroatoms. The molecule has 3 N–H and O–H groups in total. The molecular weight excluding hydrogens is 304 g/mol. The van der Waals surface area contributed by atoms with Crippen LogP contribution in [-0.4, -0.2) is 20.2 Å². The third-order valence-corrected chi connectivity index (χ3v) is 3.37. The van der Waals surface area contributed by atoms with Crippen molar-refractivity contribution >= 4 is 34.5 Å². The van der Waals surface area contributed by atoms with Gasteiger partial charge in [0.15, 0.2) is 0 Å². The van der Waals surface area contributed by atoms with Crippen molar-refractivity contribution in [3.63, 3.8) is 0 Å². The van der Waals surface area contributed by atoms with E-state index in [-0.39, 0.29) is 22.8 Å². The van der Waals surface area contributed by atoms with Crippen LogP contribution in [-0.2, 0) is 0 Å². The molecule has 3 aromatic rings. The SMILES string of the molecule is O=c1[nH]c2cc(Cl)ccc2nc1C=C(O)c1ccccc1O. The van der Waals surface area contributed by atoms with E-state index in [1.165, 1.54) is 18.2 Å². The maximum atomic E-state index is 12.0. The molecule has 0 spiro atoms. The lowest BCUT2D eigenvalue weighted by Crippen LogP contribution is -2.12. The van der Waals surface area contributed by atoms with Gasteiger partial charge in [0.1, 0.15) is 17.2 Å². The predicted octanol–water partition coefficient (Wildman–Crippen LogP) is 3.34. The van der Waals surface area contributed by atoms with Crippen LogP contribution in [0.25, 0.3) is 22.9 Å². The van der Waals surface area contributed by atoms with E-state index >= 15 is 0 Å². The van der Waals surface area contributed by atoms with E-state index in [1.807, 2.05) is 0 Å². The number of rotatable bonds is 2. The van der Waals surface area contributed by atoms with Crippen molar-refractivity contribution in [1.29, 1.82) is 0 Å². The number of para-hydroxylation sites is 1. The Balaban J connectivity index is 2.12. The predicted molar refractivity (Wildman–Crippen MR) is 86.0 cm³/mol. The number of H-pyrrole nitrogens is 1. The van der Waals surface area contributed by atoms with Crippen LogP contribution in [0.2, 0.25) is 5.02 Å². The molecule has 0 saturated heterocycles. The fourth-order valence-electron chi connectivity index (χ4n) is 2.07. The van der Waals surface area contributed by atoms with Gasteiger partial charge in [-0.1, -0.05) is 23.7 Å². The number of halogens is 1. The number of phenols is 1. The fraction of sp³-hybridized carbons (Fsp3) is 0. The van der Waals surface area contributed by atoms with Crippen molar-refractivity contribution < 1.29 is 10.2 Å². The summed E-state index contributed by atoms with van der Waals surface area (Å²) >= 11 is 5.86. The van der Waals surface area contributed by atoms with E-state index in [4.69, 9.17) is 11.6 Å². The number of benzene rings is 2. The van der Waals surface area contributed by atoms with Crippen molar-refractivity contribution in [2.24, 2.45) is 0 Å². The molecule has 2 aromatic carbocycles. The Bertz CT molecular complexity index is 948. The van der Waals surface area contributed by atoms with Gasteiger partial charge in [-0.05, 0) is 30.3 Å². The quantitative estimate of drug-likeness (QED) is 0.633. The van der Waals surface area contributed by atoms with Gasteiger partial charge in [0.25, 0.3) is 5.56 Å². The molecule has 22 heavy (non-hydrogen) atoms. The smallest absolute Gasteiger partial charge is 0.274 e. The van der Waals surface area contributed by atoms with Crippen LogP contribution in [0.4, 0.5) is 0 Å². The van der Waals surface area contributed by atoms with Gasteiger partial charge < -0.3 is 15.2 Å². The van der Waals surface area contributed by atoms with Gasteiger partial charge >= 0.3 is 0 Å². The molecule has 0 aliphatic rings. The number of hydrogen-bond donors (Lipinski definition) is 3. The largest absolute Gasteiger partial charge is 0.507 e. The first kappa shape index (κ1) is 14.2. The minimum absolute atomic E-state index is 0.0376. The minimum Gasteiger partial charge on any atom is -0.507 e. The monoisotopic (exact) mass is 314 g/mol. The number of aromatic amines is 1. The molecule has 3 rings (SSSR count). The molecule has 0 atom stereocenters. The van der Waals surface area contributed by atoms with Crippen LogP contribution >= 0.6 is 11.6 Å². The molecule has 0 saturated carbocycles. The highest BCUT2D eigenvalue weighted by Gasteiger charge is 2.08. The summed E-state index contributed by atoms with van der Waals surface area (Å²) in [7, 11) is 0. The summed E-state index contributed by atoms with van der Waals surface area (Å²) in [5.41, 5.74) is 0.851. The van der Waals surface area contributed by atoms with Crippen molar-refractivity contribution in [3.05, 3.63) is 69.1 Å². The summed E-state index contributed by atoms with van der Waals surface area (Å²) in [6.45, 7) is 0. The topological polar surface area (TPSA) is 86.2 Å². The molecule has 0 bridgehead atoms. The lowest BCUT2D eigenvalue weighted by atomic mass is 10.1. The number of hydrogen-bond acceptors (Lipinski definition) is 4. The van der Waals surface area contributed by atoms with E-state index in [9.17, 15) is 15.0 Å². The number of nitrogens with zero attached hydrogens (tertiary/aromatic N) is 1. The third kappa shape index (κ3) is 2.66. The maximum absolute atomic E-state index is 12.0. The van der Waals surface area contributed by atoms with Gasteiger partial charge in [0, 0.05) is 11.1 Å². The number of phenolic OH excluding ortho intramolecular Hbond substituents is 1. The molecule has 0 radical (unpaired) electrons. The van der Waals surface area contributed by atoms with Gasteiger partial charge in [0.2, 0.25) is 0 Å². The molecule has 110 valence electrons. The average molecular weight is 315 g/mol. The Hall–Kier alpha value is -2.79. The van der Waals surface area contributed by atoms with Crippen LogP contribution in [0.1, 0.15) is 11.3 Å². The van der Waals surface area contributed by atoms with Gasteiger partial charge in [-0.25, -0.2) is 4.98 Å². The zero-order valence-electron chi connectivity index (χ0n) is 11.2. The number of aliphatic hydroxyl groups excluding tert-OH is 1. The van der Waals surface area contributed by atoms with Gasteiger partial charge in [-0.3, -0.25) is 4.79 Å². The van der Waals surface area contributed by atoms with Crippen LogP contribution in [0.5, 0.6) is 5.75 Å².